The van der Waals surface area contributed by atoms with Crippen molar-refractivity contribution in [2.24, 2.45) is 0 Å². The maximum absolute atomic E-state index is 13.9. The Morgan fingerprint density at radius 3 is 2.71 bits per heavy atom. The van der Waals surface area contributed by atoms with E-state index in [0.717, 1.165) is 10.5 Å². The van der Waals surface area contributed by atoms with E-state index in [2.05, 4.69) is 5.32 Å². The van der Waals surface area contributed by atoms with Gasteiger partial charge < -0.3 is 5.32 Å². The van der Waals surface area contributed by atoms with Crippen LogP contribution < -0.4 is 5.32 Å². The van der Waals surface area contributed by atoms with Gasteiger partial charge in [0.05, 0.1) is 9.93 Å². The first-order valence-electron chi connectivity index (χ1n) is 8.01. The molecule has 1 N–H and O–H groups in total. The number of anilines is 1. The summed E-state index contributed by atoms with van der Waals surface area (Å²) in [5.41, 5.74) is 1.27. The van der Waals surface area contributed by atoms with Crippen molar-refractivity contribution >= 4 is 63.8 Å². The van der Waals surface area contributed by atoms with Gasteiger partial charge in [-0.15, -0.1) is 0 Å². The van der Waals surface area contributed by atoms with Crippen LogP contribution >= 0.6 is 35.0 Å². The van der Waals surface area contributed by atoms with E-state index >= 15 is 0 Å². The summed E-state index contributed by atoms with van der Waals surface area (Å²) in [5, 5.41) is 2.55. The van der Waals surface area contributed by atoms with Crippen LogP contribution in [0.4, 0.5) is 14.9 Å². The largest absolute Gasteiger partial charge is 0.324 e. The monoisotopic (exact) mass is 438 g/mol. The summed E-state index contributed by atoms with van der Waals surface area (Å²) >= 11 is 12.5. The first kappa shape index (κ1) is 20.4. The van der Waals surface area contributed by atoms with Crippen molar-refractivity contribution in [1.29, 1.82) is 0 Å². The van der Waals surface area contributed by atoms with Gasteiger partial charge in [-0.25, -0.2) is 4.39 Å². The third kappa shape index (κ3) is 4.38. The predicted molar refractivity (Wildman–Crippen MR) is 109 cm³/mol. The van der Waals surface area contributed by atoms with Gasteiger partial charge in [-0.05, 0) is 54.6 Å². The molecule has 5 nitrogen and oxygen atoms in total. The van der Waals surface area contributed by atoms with E-state index in [1.54, 1.807) is 25.1 Å². The number of nitrogens with one attached hydrogen (secondary N) is 1. The summed E-state index contributed by atoms with van der Waals surface area (Å²) in [6.07, 6.45) is 1.21. The third-order valence-electron chi connectivity index (χ3n) is 3.92. The van der Waals surface area contributed by atoms with Crippen LogP contribution in [0.3, 0.4) is 0 Å². The number of carbonyl (C=O) groups excluding carboxylic acids is 3. The lowest BCUT2D eigenvalue weighted by atomic mass is 10.2. The number of aryl methyl sites for hydroxylation is 1. The molecule has 9 heteroatoms. The first-order chi connectivity index (χ1) is 13.3. The number of nitrogens with zero attached hydrogens (tertiary/aromatic N) is 1. The second kappa shape index (κ2) is 8.34. The number of imide groups is 1. The zero-order valence-corrected chi connectivity index (χ0v) is 16.8. The molecule has 0 aromatic heterocycles. The average Bonchev–Trinajstić information content (AvgIpc) is 2.89. The van der Waals surface area contributed by atoms with Crippen molar-refractivity contribution in [2.75, 3.05) is 11.9 Å². The zero-order valence-electron chi connectivity index (χ0n) is 14.5. The van der Waals surface area contributed by atoms with E-state index in [1.165, 1.54) is 24.3 Å². The molecule has 28 heavy (non-hydrogen) atoms. The molecule has 0 aliphatic carbocycles. The van der Waals surface area contributed by atoms with Gasteiger partial charge in [-0.2, -0.15) is 0 Å². The smallest absolute Gasteiger partial charge is 0.294 e. The van der Waals surface area contributed by atoms with E-state index in [9.17, 15) is 18.8 Å². The molecule has 1 saturated heterocycles. The van der Waals surface area contributed by atoms with Crippen LogP contribution in [0, 0.1) is 12.7 Å². The Bertz CT molecular complexity index is 1010. The zero-order chi connectivity index (χ0) is 20.4. The number of amides is 3. The summed E-state index contributed by atoms with van der Waals surface area (Å²) < 4.78 is 13.9. The lowest BCUT2D eigenvalue weighted by Crippen LogP contribution is -2.36. The Hall–Kier alpha value is -2.35. The highest BCUT2D eigenvalue weighted by atomic mass is 35.5. The van der Waals surface area contributed by atoms with E-state index in [0.29, 0.717) is 22.5 Å². The summed E-state index contributed by atoms with van der Waals surface area (Å²) in [6.45, 7) is 1.31. The Morgan fingerprint density at radius 1 is 1.25 bits per heavy atom. The number of carbonyl (C=O) groups is 3. The molecule has 0 spiro atoms. The van der Waals surface area contributed by atoms with Crippen LogP contribution in [-0.4, -0.2) is 28.5 Å². The molecule has 2 aromatic rings. The lowest BCUT2D eigenvalue weighted by molar-refractivity contribution is -0.127. The molecule has 144 valence electrons. The lowest BCUT2D eigenvalue weighted by Gasteiger charge is -2.13. The van der Waals surface area contributed by atoms with Crippen molar-refractivity contribution in [3.63, 3.8) is 0 Å². The van der Waals surface area contributed by atoms with Crippen molar-refractivity contribution in [1.82, 2.24) is 4.90 Å². The molecule has 1 fully saturated rings. The van der Waals surface area contributed by atoms with Crippen molar-refractivity contribution < 1.29 is 18.8 Å². The van der Waals surface area contributed by atoms with Gasteiger partial charge in [0.1, 0.15) is 12.4 Å². The minimum Gasteiger partial charge on any atom is -0.324 e. The highest BCUT2D eigenvalue weighted by Crippen LogP contribution is 2.34. The fraction of sp³-hybridized carbons (Fsp3) is 0.105. The number of halogens is 3. The van der Waals surface area contributed by atoms with Gasteiger partial charge in [0, 0.05) is 16.3 Å². The van der Waals surface area contributed by atoms with E-state index in [4.69, 9.17) is 23.2 Å². The number of benzene rings is 2. The minimum atomic E-state index is -0.688. The van der Waals surface area contributed by atoms with Crippen molar-refractivity contribution in [2.45, 2.75) is 6.92 Å². The maximum atomic E-state index is 13.9. The van der Waals surface area contributed by atoms with Crippen molar-refractivity contribution in [3.05, 3.63) is 68.3 Å². The normalized spacial score (nSPS) is 15.4. The van der Waals surface area contributed by atoms with Crippen LogP contribution in [0.25, 0.3) is 6.08 Å². The van der Waals surface area contributed by atoms with Gasteiger partial charge in [0.15, 0.2) is 0 Å². The van der Waals surface area contributed by atoms with Gasteiger partial charge >= 0.3 is 0 Å². The molecule has 1 heterocycles. The summed E-state index contributed by atoms with van der Waals surface area (Å²) in [7, 11) is 0. The summed E-state index contributed by atoms with van der Waals surface area (Å²) in [5.74, 6) is -1.86. The first-order valence-corrected chi connectivity index (χ1v) is 9.59. The van der Waals surface area contributed by atoms with E-state index < -0.39 is 29.4 Å². The highest BCUT2D eigenvalue weighted by molar-refractivity contribution is 8.18. The molecular formula is C19H13Cl2FN2O3S. The number of rotatable bonds is 4. The predicted octanol–water partition coefficient (Wildman–Crippen LogP) is 5.12. The molecule has 1 aliphatic rings. The van der Waals surface area contributed by atoms with Crippen LogP contribution in [-0.2, 0) is 9.59 Å². The molecule has 0 saturated carbocycles. The fourth-order valence-electron chi connectivity index (χ4n) is 2.48. The van der Waals surface area contributed by atoms with Gasteiger partial charge in [-0.3, -0.25) is 19.3 Å². The standard InChI is InChI=1S/C19H13Cl2FN2O3S/c1-10-5-6-11(20)7-15(10)23-17(25)9-24-18(26)16(28-19(24)27)8-12-13(21)3-2-4-14(12)22/h2-8H,9H2,1H3,(H,23,25)/b16-8-. The molecule has 1 aliphatic heterocycles. The SMILES string of the molecule is Cc1ccc(Cl)cc1NC(=O)CN1C(=O)S/C(=C\c2c(F)cccc2Cl)C1=O. The average molecular weight is 439 g/mol. The van der Waals surface area contributed by atoms with Gasteiger partial charge in [0.25, 0.3) is 11.1 Å². The van der Waals surface area contributed by atoms with Crippen molar-refractivity contribution in [3.8, 4) is 0 Å². The number of hydrogen-bond acceptors (Lipinski definition) is 4. The minimum absolute atomic E-state index is 0.00803. The number of thioether (sulfide) groups is 1. The molecular weight excluding hydrogens is 426 g/mol. The maximum Gasteiger partial charge on any atom is 0.294 e. The van der Waals surface area contributed by atoms with Crippen LogP contribution in [0.1, 0.15) is 11.1 Å². The van der Waals surface area contributed by atoms with Gasteiger partial charge in [0.2, 0.25) is 5.91 Å². The van der Waals surface area contributed by atoms with Crippen LogP contribution in [0.2, 0.25) is 10.0 Å². The molecule has 0 bridgehead atoms. The highest BCUT2D eigenvalue weighted by Gasteiger charge is 2.36. The molecule has 0 unspecified atom stereocenters. The van der Waals surface area contributed by atoms with Crippen LogP contribution in [0.15, 0.2) is 41.3 Å². The molecule has 2 aromatic carbocycles. The Morgan fingerprint density at radius 2 is 2.00 bits per heavy atom. The molecule has 0 radical (unpaired) electrons. The summed E-state index contributed by atoms with van der Waals surface area (Å²) in [4.78, 5) is 37.7. The van der Waals surface area contributed by atoms with E-state index in [1.807, 2.05) is 0 Å². The third-order valence-corrected chi connectivity index (χ3v) is 5.40. The number of hydrogen-bond donors (Lipinski definition) is 1. The Labute approximate surface area is 174 Å². The fourth-order valence-corrected chi connectivity index (χ4v) is 3.69. The topological polar surface area (TPSA) is 66.5 Å². The van der Waals surface area contributed by atoms with Gasteiger partial charge in [-0.1, -0.05) is 35.3 Å². The quantitative estimate of drug-likeness (QED) is 0.672. The van der Waals surface area contributed by atoms with E-state index in [-0.39, 0.29) is 15.5 Å². The Kier molecular flexibility index (Phi) is 6.07. The summed E-state index contributed by atoms with van der Waals surface area (Å²) in [6, 6.07) is 9.09. The second-order valence-corrected chi connectivity index (χ2v) is 7.75. The molecule has 3 amide bonds. The molecule has 3 rings (SSSR count). The second-order valence-electron chi connectivity index (χ2n) is 5.91. The molecule has 0 atom stereocenters. The van der Waals surface area contributed by atoms with Crippen LogP contribution in [0.5, 0.6) is 0 Å². The Balaban J connectivity index is 1.76.